The highest BCUT2D eigenvalue weighted by Gasteiger charge is 2.57. The zero-order valence-electron chi connectivity index (χ0n) is 17.2. The van der Waals surface area contributed by atoms with Gasteiger partial charge in [-0.05, 0) is 35.4 Å². The second kappa shape index (κ2) is 8.05. The standard InChI is InChI=1S/C20H24FN5O5/c1-11(27)23-6-13-7-25(20(28)31-13)12-3-4-14(17(21)5-12)19-15-8-24(9-16(15)19)18(22-2)10-26(29)30/h3-5,10,13,15-16,19,22H,6-9H2,1-2H3,(H,23,27)/b18-10-/t13-,15-,16+,19?/m0/s1. The maximum atomic E-state index is 14.9. The van der Waals surface area contributed by atoms with Crippen LogP contribution in [0.25, 0.3) is 0 Å². The zero-order valence-corrected chi connectivity index (χ0v) is 17.2. The Kier molecular flexibility index (Phi) is 5.42. The third-order valence-electron chi connectivity index (χ3n) is 6.13. The average molecular weight is 433 g/mol. The molecule has 3 fully saturated rings. The normalized spacial score (nSPS) is 27.1. The maximum absolute atomic E-state index is 14.9. The number of carbonyl (C=O) groups is 2. The van der Waals surface area contributed by atoms with Crippen LogP contribution >= 0.6 is 0 Å². The van der Waals surface area contributed by atoms with E-state index in [1.807, 2.05) is 4.90 Å². The van der Waals surface area contributed by atoms with Gasteiger partial charge in [0.1, 0.15) is 11.9 Å². The topological polar surface area (TPSA) is 117 Å². The number of nitro groups is 1. The van der Waals surface area contributed by atoms with Gasteiger partial charge < -0.3 is 20.3 Å². The molecular weight excluding hydrogens is 409 g/mol. The first-order chi connectivity index (χ1) is 14.8. The molecule has 10 nitrogen and oxygen atoms in total. The summed E-state index contributed by atoms with van der Waals surface area (Å²) in [7, 11) is 1.64. The Morgan fingerprint density at radius 1 is 1.35 bits per heavy atom. The molecule has 2 amide bonds. The highest BCUT2D eigenvalue weighted by molar-refractivity contribution is 5.89. The second-order valence-corrected chi connectivity index (χ2v) is 8.07. The fourth-order valence-corrected chi connectivity index (χ4v) is 4.64. The third-order valence-corrected chi connectivity index (χ3v) is 6.13. The minimum Gasteiger partial charge on any atom is -0.442 e. The summed E-state index contributed by atoms with van der Waals surface area (Å²) in [5.74, 6) is 0.404. The van der Waals surface area contributed by atoms with Crippen LogP contribution in [0.2, 0.25) is 0 Å². The van der Waals surface area contributed by atoms with Crippen LogP contribution in [0.1, 0.15) is 18.4 Å². The molecule has 1 unspecified atom stereocenters. The van der Waals surface area contributed by atoms with E-state index in [1.54, 1.807) is 19.2 Å². The SMILES string of the molecule is CN/C(=C/[N+](=O)[O-])N1C[C@@H]2C(c3ccc(N4C[C@H](CNC(C)=O)OC4=O)cc3F)[C@@H]2C1. The molecule has 0 aromatic heterocycles. The fourth-order valence-electron chi connectivity index (χ4n) is 4.64. The first kappa shape index (κ1) is 20.9. The Bertz CT molecular complexity index is 942. The van der Waals surface area contributed by atoms with Gasteiger partial charge in [-0.2, -0.15) is 0 Å². The van der Waals surface area contributed by atoms with Crippen LogP contribution in [0.5, 0.6) is 0 Å². The molecule has 2 aliphatic heterocycles. The number of piperidine rings is 1. The lowest BCUT2D eigenvalue weighted by Gasteiger charge is -2.23. The van der Waals surface area contributed by atoms with Gasteiger partial charge in [0.05, 0.1) is 23.7 Å². The number of benzene rings is 1. The van der Waals surface area contributed by atoms with Crippen LogP contribution in [-0.4, -0.2) is 61.2 Å². The van der Waals surface area contributed by atoms with E-state index in [-0.39, 0.29) is 42.6 Å². The number of nitrogens with zero attached hydrogens (tertiary/aromatic N) is 3. The lowest BCUT2D eigenvalue weighted by atomic mass is 10.0. The van der Waals surface area contributed by atoms with Crippen LogP contribution in [0, 0.1) is 27.8 Å². The maximum Gasteiger partial charge on any atom is 0.414 e. The molecule has 11 heteroatoms. The van der Waals surface area contributed by atoms with Gasteiger partial charge in [-0.15, -0.1) is 0 Å². The van der Waals surface area contributed by atoms with Crippen molar-refractivity contribution in [2.75, 3.05) is 38.1 Å². The van der Waals surface area contributed by atoms with Crippen molar-refractivity contribution >= 4 is 17.7 Å². The summed E-state index contributed by atoms with van der Waals surface area (Å²) in [5, 5.41) is 16.2. The molecule has 1 saturated carbocycles. The van der Waals surface area contributed by atoms with E-state index >= 15 is 0 Å². The lowest BCUT2D eigenvalue weighted by molar-refractivity contribution is -0.404. The number of carbonyl (C=O) groups excluding carboxylic acids is 2. The number of hydrogen-bond acceptors (Lipinski definition) is 7. The number of nitrogens with one attached hydrogen (secondary N) is 2. The van der Waals surface area contributed by atoms with Gasteiger partial charge in [-0.3, -0.25) is 19.8 Å². The van der Waals surface area contributed by atoms with Gasteiger partial charge in [-0.25, -0.2) is 9.18 Å². The highest BCUT2D eigenvalue weighted by Crippen LogP contribution is 2.59. The zero-order chi connectivity index (χ0) is 22.3. The predicted molar refractivity (Wildman–Crippen MR) is 108 cm³/mol. The highest BCUT2D eigenvalue weighted by atomic mass is 19.1. The van der Waals surface area contributed by atoms with Crippen molar-refractivity contribution in [2.24, 2.45) is 11.8 Å². The van der Waals surface area contributed by atoms with E-state index in [0.717, 1.165) is 6.20 Å². The molecule has 166 valence electrons. The van der Waals surface area contributed by atoms with E-state index in [9.17, 15) is 24.1 Å². The van der Waals surface area contributed by atoms with Crippen molar-refractivity contribution in [3.63, 3.8) is 0 Å². The van der Waals surface area contributed by atoms with Crippen molar-refractivity contribution in [3.05, 3.63) is 51.7 Å². The Balaban J connectivity index is 1.40. The van der Waals surface area contributed by atoms with E-state index in [4.69, 9.17) is 4.74 Å². The number of rotatable bonds is 7. The summed E-state index contributed by atoms with van der Waals surface area (Å²) in [6.07, 6.45) is -0.108. The number of halogens is 1. The second-order valence-electron chi connectivity index (χ2n) is 8.07. The van der Waals surface area contributed by atoms with Gasteiger partial charge in [0.25, 0.3) is 6.20 Å². The number of hydrogen-bond donors (Lipinski definition) is 2. The van der Waals surface area contributed by atoms with Crippen molar-refractivity contribution in [3.8, 4) is 0 Å². The van der Waals surface area contributed by atoms with E-state index in [1.165, 1.54) is 17.9 Å². The first-order valence-corrected chi connectivity index (χ1v) is 10.1. The monoisotopic (exact) mass is 433 g/mol. The summed E-state index contributed by atoms with van der Waals surface area (Å²) in [5.41, 5.74) is 1.01. The fraction of sp³-hybridized carbons (Fsp3) is 0.500. The minimum atomic E-state index is -0.571. The molecule has 0 radical (unpaired) electrons. The Labute approximate surface area is 178 Å². The Morgan fingerprint density at radius 3 is 2.65 bits per heavy atom. The van der Waals surface area contributed by atoms with Crippen molar-refractivity contribution in [2.45, 2.75) is 18.9 Å². The Morgan fingerprint density at radius 2 is 2.06 bits per heavy atom. The summed E-state index contributed by atoms with van der Waals surface area (Å²) >= 11 is 0. The molecule has 0 spiro atoms. The molecule has 31 heavy (non-hydrogen) atoms. The van der Waals surface area contributed by atoms with Gasteiger partial charge in [0.2, 0.25) is 5.91 Å². The molecule has 2 N–H and O–H groups in total. The van der Waals surface area contributed by atoms with Crippen molar-refractivity contribution in [1.82, 2.24) is 15.5 Å². The Hall–Kier alpha value is -3.37. The molecule has 4 rings (SSSR count). The molecule has 3 aliphatic rings. The van der Waals surface area contributed by atoms with Gasteiger partial charge in [0.15, 0.2) is 5.82 Å². The molecular formula is C20H24FN5O5. The number of fused-ring (bicyclic) bond motifs is 1. The van der Waals surface area contributed by atoms with Crippen LogP contribution in [0.3, 0.4) is 0 Å². The van der Waals surface area contributed by atoms with Crippen molar-refractivity contribution < 1.29 is 23.6 Å². The summed E-state index contributed by atoms with van der Waals surface area (Å²) in [4.78, 5) is 36.7. The third kappa shape index (κ3) is 4.12. The predicted octanol–water partition coefficient (Wildman–Crippen LogP) is 1.23. The van der Waals surface area contributed by atoms with Gasteiger partial charge >= 0.3 is 6.09 Å². The average Bonchev–Trinajstić information content (AvgIpc) is 3.03. The summed E-state index contributed by atoms with van der Waals surface area (Å²) < 4.78 is 20.1. The van der Waals surface area contributed by atoms with Crippen molar-refractivity contribution in [1.29, 1.82) is 0 Å². The molecule has 1 aliphatic carbocycles. The summed E-state index contributed by atoms with van der Waals surface area (Å²) in [6.45, 7) is 3.07. The van der Waals surface area contributed by atoms with Crippen LogP contribution in [-0.2, 0) is 9.53 Å². The molecule has 4 atom stereocenters. The smallest absolute Gasteiger partial charge is 0.414 e. The van der Waals surface area contributed by atoms with E-state index in [0.29, 0.717) is 30.2 Å². The largest absolute Gasteiger partial charge is 0.442 e. The van der Waals surface area contributed by atoms with E-state index in [2.05, 4.69) is 10.6 Å². The number of anilines is 1. The number of cyclic esters (lactones) is 1. The molecule has 1 aromatic rings. The van der Waals surface area contributed by atoms with Gasteiger partial charge in [0, 0.05) is 27.1 Å². The van der Waals surface area contributed by atoms with Crippen LogP contribution in [0.4, 0.5) is 14.9 Å². The first-order valence-electron chi connectivity index (χ1n) is 10.1. The quantitative estimate of drug-likeness (QED) is 0.491. The molecule has 0 bridgehead atoms. The number of amides is 2. The van der Waals surface area contributed by atoms with Crippen LogP contribution in [0.15, 0.2) is 30.2 Å². The molecule has 2 heterocycles. The number of ether oxygens (including phenoxy) is 1. The van der Waals surface area contributed by atoms with E-state index < -0.39 is 17.1 Å². The lowest BCUT2D eigenvalue weighted by Crippen LogP contribution is -2.33. The summed E-state index contributed by atoms with van der Waals surface area (Å²) in [6, 6.07) is 4.76. The molecule has 1 aromatic carbocycles. The minimum absolute atomic E-state index is 0.0667. The molecule has 2 saturated heterocycles. The van der Waals surface area contributed by atoms with Gasteiger partial charge in [-0.1, -0.05) is 6.07 Å². The number of likely N-dealkylation sites (tertiary alicyclic amines) is 1. The van der Waals surface area contributed by atoms with Crippen LogP contribution < -0.4 is 15.5 Å².